The first-order valence-electron chi connectivity index (χ1n) is 11.3. The molecule has 0 bridgehead atoms. The third-order valence-electron chi connectivity index (χ3n) is 6.08. The van der Waals surface area contributed by atoms with Gasteiger partial charge in [-0.15, -0.1) is 0 Å². The van der Waals surface area contributed by atoms with Crippen molar-refractivity contribution >= 4 is 28.7 Å². The number of alkyl halides is 3. The molecular formula is C24H27F3N4O3S. The van der Waals surface area contributed by atoms with Crippen LogP contribution in [0.4, 0.5) is 13.2 Å². The molecule has 0 saturated carbocycles. The first-order chi connectivity index (χ1) is 16.6. The number of carbonyl (C=O) groups is 2. The van der Waals surface area contributed by atoms with Crippen LogP contribution in [0.3, 0.4) is 0 Å². The van der Waals surface area contributed by atoms with E-state index in [0.717, 1.165) is 25.0 Å². The van der Waals surface area contributed by atoms with Crippen molar-refractivity contribution in [3.05, 3.63) is 57.8 Å². The van der Waals surface area contributed by atoms with Gasteiger partial charge in [0.2, 0.25) is 5.91 Å². The van der Waals surface area contributed by atoms with E-state index in [1.807, 2.05) is 0 Å². The Morgan fingerprint density at radius 2 is 1.97 bits per heavy atom. The molecular weight excluding hydrogens is 481 g/mol. The maximum absolute atomic E-state index is 13.2. The number of nitrogens with one attached hydrogen (secondary N) is 1. The van der Waals surface area contributed by atoms with Gasteiger partial charge in [-0.3, -0.25) is 9.59 Å². The van der Waals surface area contributed by atoms with Gasteiger partial charge in [0.25, 0.3) is 5.91 Å². The van der Waals surface area contributed by atoms with Gasteiger partial charge in [-0.25, -0.2) is 4.99 Å². The standard InChI is InChI=1S/C24H27F3N4O3S/c1-14-20(22(33)30(2)3)21(15-6-8-16(9-7-15)24(25,26)27)31-17(13-35-23(31)29-14)11-19(32)28-12-18-5-4-10-34-18/h6-9,13,18,21H,4-5,10-12H2,1-3H3,(H,28,32). The molecule has 7 nitrogen and oxygen atoms in total. The summed E-state index contributed by atoms with van der Waals surface area (Å²) in [5, 5.41) is 5.27. The van der Waals surface area contributed by atoms with Gasteiger partial charge < -0.3 is 19.9 Å². The number of rotatable bonds is 6. The number of fused-ring (bicyclic) bond motifs is 1. The second-order valence-corrected chi connectivity index (χ2v) is 9.66. The van der Waals surface area contributed by atoms with Gasteiger partial charge >= 0.3 is 6.18 Å². The molecule has 1 saturated heterocycles. The Hall–Kier alpha value is -2.79. The van der Waals surface area contributed by atoms with E-state index in [-0.39, 0.29) is 24.3 Å². The molecule has 2 unspecified atom stereocenters. The predicted molar refractivity (Wildman–Crippen MR) is 127 cm³/mol. The summed E-state index contributed by atoms with van der Waals surface area (Å²) in [7, 11) is 3.22. The zero-order valence-corrected chi connectivity index (χ0v) is 20.5. The summed E-state index contributed by atoms with van der Waals surface area (Å²) < 4.78 is 45.1. The van der Waals surface area contributed by atoms with E-state index in [1.165, 1.54) is 28.8 Å². The molecule has 2 atom stereocenters. The summed E-state index contributed by atoms with van der Waals surface area (Å²) in [6.07, 6.45) is -2.55. The van der Waals surface area contributed by atoms with Crippen LogP contribution in [-0.2, 0) is 20.5 Å². The number of ether oxygens (including phenoxy) is 1. The summed E-state index contributed by atoms with van der Waals surface area (Å²) in [5.41, 5.74) is 1.20. The highest BCUT2D eigenvalue weighted by Gasteiger charge is 2.41. The van der Waals surface area contributed by atoms with Gasteiger partial charge in [0.15, 0.2) is 5.17 Å². The van der Waals surface area contributed by atoms with Crippen molar-refractivity contribution in [1.82, 2.24) is 15.1 Å². The quantitative estimate of drug-likeness (QED) is 0.628. The van der Waals surface area contributed by atoms with Crippen molar-refractivity contribution in [1.29, 1.82) is 0 Å². The van der Waals surface area contributed by atoms with Crippen molar-refractivity contribution < 1.29 is 27.5 Å². The molecule has 3 heterocycles. The van der Waals surface area contributed by atoms with Gasteiger partial charge in [-0.2, -0.15) is 13.2 Å². The number of carbonyl (C=O) groups excluding carboxylic acids is 2. The van der Waals surface area contributed by atoms with Crippen molar-refractivity contribution in [2.24, 2.45) is 4.99 Å². The Bertz CT molecular complexity index is 1090. The number of amides is 2. The molecule has 0 aromatic heterocycles. The van der Waals surface area contributed by atoms with E-state index in [4.69, 9.17) is 4.74 Å². The van der Waals surface area contributed by atoms with Crippen molar-refractivity contribution in [3.63, 3.8) is 0 Å². The lowest BCUT2D eigenvalue weighted by molar-refractivity contribution is -0.137. The molecule has 3 aliphatic rings. The second kappa shape index (κ2) is 10.1. The Balaban J connectivity index is 1.64. The number of aliphatic imine (C=N–C) groups is 1. The van der Waals surface area contributed by atoms with Gasteiger partial charge in [0.1, 0.15) is 0 Å². The molecule has 11 heteroatoms. The summed E-state index contributed by atoms with van der Waals surface area (Å²) in [6.45, 7) is 2.83. The van der Waals surface area contributed by atoms with Crippen LogP contribution in [0.15, 0.2) is 51.6 Å². The SMILES string of the molecule is CC1=C(C(=O)N(C)C)C(c2ccc(C(F)(F)F)cc2)N2C(CC(=O)NCC3CCCO3)=CSC2=N1. The molecule has 4 rings (SSSR count). The van der Waals surface area contributed by atoms with Crippen LogP contribution >= 0.6 is 11.8 Å². The summed E-state index contributed by atoms with van der Waals surface area (Å²) in [6, 6.07) is 4.06. The Morgan fingerprint density at radius 3 is 2.57 bits per heavy atom. The Morgan fingerprint density at radius 1 is 1.26 bits per heavy atom. The van der Waals surface area contributed by atoms with E-state index < -0.39 is 17.8 Å². The predicted octanol–water partition coefficient (Wildman–Crippen LogP) is 4.05. The van der Waals surface area contributed by atoms with Crippen LogP contribution < -0.4 is 5.32 Å². The molecule has 188 valence electrons. The average Bonchev–Trinajstić information content (AvgIpc) is 3.46. The summed E-state index contributed by atoms with van der Waals surface area (Å²) >= 11 is 1.32. The number of nitrogens with zero attached hydrogens (tertiary/aromatic N) is 3. The minimum atomic E-state index is -4.47. The normalized spacial score (nSPS) is 22.1. The maximum Gasteiger partial charge on any atom is 0.416 e. The number of allylic oxidation sites excluding steroid dienone is 1. The fourth-order valence-electron chi connectivity index (χ4n) is 4.31. The van der Waals surface area contributed by atoms with Gasteiger partial charge in [0, 0.05) is 32.9 Å². The van der Waals surface area contributed by atoms with Crippen molar-refractivity contribution in [2.45, 2.75) is 44.5 Å². The lowest BCUT2D eigenvalue weighted by atomic mass is 9.92. The number of hydrogen-bond acceptors (Lipinski definition) is 6. The molecule has 35 heavy (non-hydrogen) atoms. The minimum Gasteiger partial charge on any atom is -0.376 e. The third kappa shape index (κ3) is 5.40. The van der Waals surface area contributed by atoms with Crippen molar-refractivity contribution in [2.75, 3.05) is 27.2 Å². The van der Waals surface area contributed by atoms with E-state index in [1.54, 1.807) is 31.3 Å². The highest BCUT2D eigenvalue weighted by molar-refractivity contribution is 8.16. The molecule has 1 aromatic rings. The zero-order valence-electron chi connectivity index (χ0n) is 19.7. The van der Waals surface area contributed by atoms with E-state index in [0.29, 0.717) is 40.8 Å². The lowest BCUT2D eigenvalue weighted by Gasteiger charge is -2.37. The lowest BCUT2D eigenvalue weighted by Crippen LogP contribution is -2.40. The molecule has 3 aliphatic heterocycles. The highest BCUT2D eigenvalue weighted by atomic mass is 32.2. The summed E-state index contributed by atoms with van der Waals surface area (Å²) in [4.78, 5) is 33.7. The maximum atomic E-state index is 13.2. The van der Waals surface area contributed by atoms with Crippen LogP contribution in [0.5, 0.6) is 0 Å². The van der Waals surface area contributed by atoms with Gasteiger partial charge in [-0.1, -0.05) is 23.9 Å². The molecule has 0 radical (unpaired) electrons. The van der Waals surface area contributed by atoms with E-state index >= 15 is 0 Å². The van der Waals surface area contributed by atoms with Gasteiger partial charge in [-0.05, 0) is 42.9 Å². The van der Waals surface area contributed by atoms with Gasteiger partial charge in [0.05, 0.1) is 35.4 Å². The highest BCUT2D eigenvalue weighted by Crippen LogP contribution is 2.45. The topological polar surface area (TPSA) is 74.2 Å². The molecule has 2 amide bonds. The number of likely N-dealkylation sites (N-methyl/N-ethyl adjacent to an activating group) is 1. The first kappa shape index (κ1) is 25.3. The number of halogens is 3. The Kier molecular flexibility index (Phi) is 7.27. The number of benzene rings is 1. The average molecular weight is 509 g/mol. The van der Waals surface area contributed by atoms with Crippen molar-refractivity contribution in [3.8, 4) is 0 Å². The minimum absolute atomic E-state index is 0.00721. The number of hydrogen-bond donors (Lipinski definition) is 1. The molecule has 0 aliphatic carbocycles. The van der Waals surface area contributed by atoms with Crippen LogP contribution in [-0.4, -0.2) is 60.1 Å². The van der Waals surface area contributed by atoms with Crippen LogP contribution in [0.25, 0.3) is 0 Å². The van der Waals surface area contributed by atoms with E-state index in [9.17, 15) is 22.8 Å². The number of amidine groups is 1. The van der Waals surface area contributed by atoms with E-state index in [2.05, 4.69) is 10.3 Å². The third-order valence-corrected chi connectivity index (χ3v) is 6.97. The largest absolute Gasteiger partial charge is 0.416 e. The number of thioether (sulfide) groups is 1. The second-order valence-electron chi connectivity index (χ2n) is 8.83. The molecule has 1 aromatic carbocycles. The fourth-order valence-corrected chi connectivity index (χ4v) is 5.28. The Labute approximate surface area is 206 Å². The van der Waals surface area contributed by atoms with Crippen LogP contribution in [0.1, 0.15) is 43.4 Å². The molecule has 1 fully saturated rings. The zero-order chi connectivity index (χ0) is 25.3. The van der Waals surface area contributed by atoms with Crippen LogP contribution in [0, 0.1) is 0 Å². The fraction of sp³-hybridized carbons (Fsp3) is 0.458. The van der Waals surface area contributed by atoms with Crippen LogP contribution in [0.2, 0.25) is 0 Å². The molecule has 1 N–H and O–H groups in total. The smallest absolute Gasteiger partial charge is 0.376 e. The summed E-state index contributed by atoms with van der Waals surface area (Å²) in [5.74, 6) is -0.499. The first-order valence-corrected chi connectivity index (χ1v) is 12.2. The monoisotopic (exact) mass is 508 g/mol. The molecule has 0 spiro atoms.